The van der Waals surface area contributed by atoms with E-state index in [0.717, 1.165) is 9.88 Å². The fourth-order valence-corrected chi connectivity index (χ4v) is 2.43. The molecular weight excluding hydrogens is 204 g/mol. The van der Waals surface area contributed by atoms with E-state index < -0.39 is 0 Å². The lowest BCUT2D eigenvalue weighted by Crippen LogP contribution is -2.11. The molecule has 0 saturated heterocycles. The summed E-state index contributed by atoms with van der Waals surface area (Å²) in [4.78, 5) is 16.5. The Morgan fingerprint density at radius 3 is 3.00 bits per heavy atom. The molecule has 2 aromatic heterocycles. The molecule has 13 heavy (non-hydrogen) atoms. The Kier molecular flexibility index (Phi) is 2.28. The highest BCUT2D eigenvalue weighted by atomic mass is 32.1. The first-order valence-electron chi connectivity index (χ1n) is 3.81. The van der Waals surface area contributed by atoms with E-state index in [4.69, 9.17) is 0 Å². The molecule has 5 heteroatoms. The summed E-state index contributed by atoms with van der Waals surface area (Å²) in [5.74, 6) is 0. The molecule has 0 aliphatic carbocycles. The molecule has 2 heterocycles. The van der Waals surface area contributed by atoms with Crippen molar-refractivity contribution < 1.29 is 0 Å². The smallest absolute Gasteiger partial charge is 0.301 e. The summed E-state index contributed by atoms with van der Waals surface area (Å²) in [5.41, 5.74) is 0. The molecule has 0 unspecified atom stereocenters. The van der Waals surface area contributed by atoms with Gasteiger partial charge < -0.3 is 4.57 Å². The van der Waals surface area contributed by atoms with Crippen LogP contribution in [0.3, 0.4) is 0 Å². The summed E-state index contributed by atoms with van der Waals surface area (Å²) in [7, 11) is 0. The van der Waals surface area contributed by atoms with Crippen LogP contribution in [0.25, 0.3) is 0 Å². The first-order chi connectivity index (χ1) is 6.25. The van der Waals surface area contributed by atoms with Gasteiger partial charge in [-0.3, -0.25) is 4.79 Å². The lowest BCUT2D eigenvalue weighted by molar-refractivity contribution is 0.794. The van der Waals surface area contributed by atoms with Gasteiger partial charge in [0.1, 0.15) is 0 Å². The molecule has 0 bridgehead atoms. The molecule has 2 rings (SSSR count). The summed E-state index contributed by atoms with van der Waals surface area (Å²) in [6, 6.07) is 0. The summed E-state index contributed by atoms with van der Waals surface area (Å²) in [5, 5.41) is 2.84. The molecule has 68 valence electrons. The van der Waals surface area contributed by atoms with E-state index in [1.165, 1.54) is 11.3 Å². The Hall–Kier alpha value is -0.940. The predicted octanol–water partition coefficient (Wildman–Crippen LogP) is 1.72. The van der Waals surface area contributed by atoms with Crippen LogP contribution in [0.5, 0.6) is 0 Å². The van der Waals surface area contributed by atoms with Gasteiger partial charge >= 0.3 is 4.87 Å². The molecule has 0 aromatic carbocycles. The summed E-state index contributed by atoms with van der Waals surface area (Å²) < 4.78 is 1.69. The zero-order chi connectivity index (χ0) is 9.26. The Balaban J connectivity index is 2.24. The standard InChI is InChI=1S/C8H8N2OS2/c1-6-9-4-7(13-6)5-10-2-3-12-8(10)11/h2-4H,5H2,1H3. The van der Waals surface area contributed by atoms with Gasteiger partial charge in [-0.2, -0.15) is 0 Å². The highest BCUT2D eigenvalue weighted by molar-refractivity contribution is 7.11. The van der Waals surface area contributed by atoms with E-state index in [1.54, 1.807) is 21.3 Å². The molecular formula is C8H8N2OS2. The fourth-order valence-electron chi connectivity index (χ4n) is 1.05. The third kappa shape index (κ3) is 1.87. The number of hydrogen-bond donors (Lipinski definition) is 0. The highest BCUT2D eigenvalue weighted by Crippen LogP contribution is 2.12. The van der Waals surface area contributed by atoms with Gasteiger partial charge in [-0.15, -0.1) is 11.3 Å². The van der Waals surface area contributed by atoms with Crippen LogP contribution < -0.4 is 4.87 Å². The number of hydrogen-bond acceptors (Lipinski definition) is 4. The second-order valence-corrected chi connectivity index (χ2v) is 4.82. The summed E-state index contributed by atoms with van der Waals surface area (Å²) in [6.07, 6.45) is 3.63. The molecule has 0 saturated carbocycles. The van der Waals surface area contributed by atoms with Crippen molar-refractivity contribution in [1.29, 1.82) is 0 Å². The second-order valence-electron chi connectivity index (χ2n) is 2.64. The van der Waals surface area contributed by atoms with Gasteiger partial charge in [-0.25, -0.2) is 4.98 Å². The Bertz CT molecular complexity index is 454. The summed E-state index contributed by atoms with van der Waals surface area (Å²) in [6.45, 7) is 2.61. The third-order valence-corrected chi connectivity index (χ3v) is 3.23. The monoisotopic (exact) mass is 212 g/mol. The third-order valence-electron chi connectivity index (χ3n) is 1.64. The number of aromatic nitrogens is 2. The zero-order valence-electron chi connectivity index (χ0n) is 7.06. The predicted molar refractivity (Wildman–Crippen MR) is 54.5 cm³/mol. The van der Waals surface area contributed by atoms with Crippen molar-refractivity contribution in [2.24, 2.45) is 0 Å². The molecule has 0 atom stereocenters. The minimum absolute atomic E-state index is 0.0889. The molecule has 0 N–H and O–H groups in total. The normalized spacial score (nSPS) is 10.5. The minimum atomic E-state index is 0.0889. The van der Waals surface area contributed by atoms with E-state index in [2.05, 4.69) is 4.98 Å². The Labute approximate surface area is 83.3 Å². The first-order valence-corrected chi connectivity index (χ1v) is 5.50. The molecule has 0 amide bonds. The average Bonchev–Trinajstić information content (AvgIpc) is 2.64. The maximum Gasteiger partial charge on any atom is 0.307 e. The molecule has 0 aliphatic heterocycles. The van der Waals surface area contributed by atoms with Gasteiger partial charge in [0.15, 0.2) is 0 Å². The molecule has 0 radical (unpaired) electrons. The Morgan fingerprint density at radius 1 is 1.62 bits per heavy atom. The van der Waals surface area contributed by atoms with Crippen molar-refractivity contribution >= 4 is 22.7 Å². The maximum absolute atomic E-state index is 11.2. The molecule has 0 fully saturated rings. The van der Waals surface area contributed by atoms with Crippen molar-refractivity contribution in [2.75, 3.05) is 0 Å². The van der Waals surface area contributed by atoms with Crippen LogP contribution in [0.1, 0.15) is 9.88 Å². The first kappa shape index (κ1) is 8.65. The number of thiazole rings is 2. The number of aryl methyl sites for hydroxylation is 1. The van der Waals surface area contributed by atoms with Crippen LogP contribution in [0.15, 0.2) is 22.6 Å². The number of nitrogens with zero attached hydrogens (tertiary/aromatic N) is 2. The fraction of sp³-hybridized carbons (Fsp3) is 0.250. The van der Waals surface area contributed by atoms with Crippen molar-refractivity contribution in [1.82, 2.24) is 9.55 Å². The van der Waals surface area contributed by atoms with Crippen LogP contribution in [0, 0.1) is 6.92 Å². The molecule has 0 aliphatic rings. The minimum Gasteiger partial charge on any atom is -0.301 e. The van der Waals surface area contributed by atoms with Crippen LogP contribution in [-0.2, 0) is 6.54 Å². The van der Waals surface area contributed by atoms with Gasteiger partial charge in [0, 0.05) is 22.7 Å². The van der Waals surface area contributed by atoms with Crippen molar-refractivity contribution in [3.63, 3.8) is 0 Å². The topological polar surface area (TPSA) is 34.9 Å². The van der Waals surface area contributed by atoms with Crippen LogP contribution >= 0.6 is 22.7 Å². The van der Waals surface area contributed by atoms with Crippen LogP contribution in [0.2, 0.25) is 0 Å². The highest BCUT2D eigenvalue weighted by Gasteiger charge is 2.01. The van der Waals surface area contributed by atoms with Gasteiger partial charge in [-0.1, -0.05) is 11.3 Å². The Morgan fingerprint density at radius 2 is 2.46 bits per heavy atom. The largest absolute Gasteiger partial charge is 0.307 e. The number of rotatable bonds is 2. The SMILES string of the molecule is Cc1ncc(Cn2ccsc2=O)s1. The van der Waals surface area contributed by atoms with E-state index in [1.807, 2.05) is 19.3 Å². The quantitative estimate of drug-likeness (QED) is 0.759. The van der Waals surface area contributed by atoms with Gasteiger partial charge in [0.25, 0.3) is 0 Å². The van der Waals surface area contributed by atoms with Crippen LogP contribution in [-0.4, -0.2) is 9.55 Å². The van der Waals surface area contributed by atoms with E-state index in [9.17, 15) is 4.79 Å². The van der Waals surface area contributed by atoms with Crippen molar-refractivity contribution in [3.05, 3.63) is 37.3 Å². The van der Waals surface area contributed by atoms with E-state index >= 15 is 0 Å². The summed E-state index contributed by atoms with van der Waals surface area (Å²) >= 11 is 2.85. The average molecular weight is 212 g/mol. The van der Waals surface area contributed by atoms with Crippen molar-refractivity contribution in [2.45, 2.75) is 13.5 Å². The van der Waals surface area contributed by atoms with Crippen molar-refractivity contribution in [3.8, 4) is 0 Å². The maximum atomic E-state index is 11.2. The molecule has 3 nitrogen and oxygen atoms in total. The lowest BCUT2D eigenvalue weighted by atomic mass is 10.5. The van der Waals surface area contributed by atoms with Gasteiger partial charge in [0.05, 0.1) is 11.6 Å². The zero-order valence-corrected chi connectivity index (χ0v) is 8.69. The molecule has 0 spiro atoms. The van der Waals surface area contributed by atoms with E-state index in [-0.39, 0.29) is 4.87 Å². The second kappa shape index (κ2) is 3.43. The van der Waals surface area contributed by atoms with Gasteiger partial charge in [0.2, 0.25) is 0 Å². The van der Waals surface area contributed by atoms with Gasteiger partial charge in [-0.05, 0) is 6.92 Å². The lowest BCUT2D eigenvalue weighted by Gasteiger charge is -1.95. The molecule has 2 aromatic rings. The van der Waals surface area contributed by atoms with Crippen LogP contribution in [0.4, 0.5) is 0 Å². The van der Waals surface area contributed by atoms with E-state index in [0.29, 0.717) is 6.54 Å².